The summed E-state index contributed by atoms with van der Waals surface area (Å²) < 4.78 is 8.29. The van der Waals surface area contributed by atoms with E-state index in [2.05, 4.69) is 78.9 Å². The van der Waals surface area contributed by atoms with Gasteiger partial charge in [0.05, 0.1) is 0 Å². The molecule has 1 aromatic heterocycles. The largest absolute Gasteiger partial charge is 0.483 e. The van der Waals surface area contributed by atoms with E-state index < -0.39 is 0 Å². The zero-order chi connectivity index (χ0) is 19.4. The zero-order valence-electron chi connectivity index (χ0n) is 16.7. The summed E-state index contributed by atoms with van der Waals surface area (Å²) in [4.78, 5) is 0. The summed E-state index contributed by atoms with van der Waals surface area (Å²) in [7, 11) is 0. The van der Waals surface area contributed by atoms with Crippen LogP contribution in [0.3, 0.4) is 0 Å². The molecule has 0 saturated carbocycles. The highest BCUT2D eigenvalue weighted by Gasteiger charge is 2.19. The van der Waals surface area contributed by atoms with Gasteiger partial charge in [-0.05, 0) is 69.0 Å². The molecule has 0 aliphatic heterocycles. The Labute approximate surface area is 166 Å². The second kappa shape index (κ2) is 8.61. The molecule has 0 bridgehead atoms. The smallest absolute Gasteiger partial charge is 0.191 e. The van der Waals surface area contributed by atoms with Crippen LogP contribution in [0, 0.1) is 20.8 Å². The van der Waals surface area contributed by atoms with Crippen molar-refractivity contribution >= 4 is 11.8 Å². The average molecular weight is 382 g/mol. The Kier molecular flexibility index (Phi) is 6.22. The van der Waals surface area contributed by atoms with Crippen molar-refractivity contribution in [2.45, 2.75) is 58.2 Å². The summed E-state index contributed by atoms with van der Waals surface area (Å²) in [6.45, 7) is 11.3. The molecule has 0 spiro atoms. The molecule has 0 fully saturated rings. The first-order valence-corrected chi connectivity index (χ1v) is 10.3. The van der Waals surface area contributed by atoms with E-state index >= 15 is 0 Å². The van der Waals surface area contributed by atoms with Gasteiger partial charge in [-0.15, -0.1) is 10.2 Å². The maximum atomic E-state index is 6.14. The Balaban J connectivity index is 1.74. The maximum Gasteiger partial charge on any atom is 0.191 e. The van der Waals surface area contributed by atoms with E-state index in [4.69, 9.17) is 4.74 Å². The first-order chi connectivity index (χ1) is 13.0. The van der Waals surface area contributed by atoms with Gasteiger partial charge in [-0.1, -0.05) is 42.1 Å². The molecule has 4 nitrogen and oxygen atoms in total. The van der Waals surface area contributed by atoms with Crippen LogP contribution in [0.2, 0.25) is 0 Å². The maximum absolute atomic E-state index is 6.14. The van der Waals surface area contributed by atoms with Gasteiger partial charge in [0.2, 0.25) is 0 Å². The normalized spacial score (nSPS) is 12.2. The van der Waals surface area contributed by atoms with Gasteiger partial charge >= 0.3 is 0 Å². The van der Waals surface area contributed by atoms with E-state index in [1.165, 1.54) is 22.3 Å². The molecule has 0 aliphatic rings. The standard InChI is InChI=1S/C22H27N3OS/c1-6-25-21(18(5)26-20-12-11-15(2)17(4)13-20)23-24-22(25)27-14-19-10-8-7-9-16(19)3/h7-13,18H,6,14H2,1-5H3. The van der Waals surface area contributed by atoms with E-state index in [-0.39, 0.29) is 6.10 Å². The third-order valence-corrected chi connectivity index (χ3v) is 5.85. The van der Waals surface area contributed by atoms with Crippen molar-refractivity contribution < 1.29 is 4.74 Å². The Bertz CT molecular complexity index is 920. The minimum Gasteiger partial charge on any atom is -0.483 e. The minimum atomic E-state index is -0.160. The molecule has 3 rings (SSSR count). The van der Waals surface area contributed by atoms with Gasteiger partial charge in [0.15, 0.2) is 17.1 Å². The summed E-state index contributed by atoms with van der Waals surface area (Å²) in [5.74, 6) is 2.62. The molecular weight excluding hydrogens is 354 g/mol. The second-order valence-corrected chi connectivity index (χ2v) is 7.75. The van der Waals surface area contributed by atoms with E-state index in [1.54, 1.807) is 11.8 Å². The molecule has 1 atom stereocenters. The lowest BCUT2D eigenvalue weighted by Crippen LogP contribution is -2.12. The van der Waals surface area contributed by atoms with Crippen LogP contribution in [0.1, 0.15) is 48.0 Å². The second-order valence-electron chi connectivity index (χ2n) is 6.81. The Morgan fingerprint density at radius 2 is 1.78 bits per heavy atom. The van der Waals surface area contributed by atoms with Crippen molar-refractivity contribution in [3.63, 3.8) is 0 Å². The molecule has 0 amide bonds. The summed E-state index contributed by atoms with van der Waals surface area (Å²) in [6.07, 6.45) is -0.160. The lowest BCUT2D eigenvalue weighted by molar-refractivity contribution is 0.209. The highest BCUT2D eigenvalue weighted by molar-refractivity contribution is 7.98. The fraction of sp³-hybridized carbons (Fsp3) is 0.364. The number of rotatable bonds is 7. The van der Waals surface area contributed by atoms with Crippen molar-refractivity contribution in [2.75, 3.05) is 0 Å². The lowest BCUT2D eigenvalue weighted by atomic mass is 10.1. The van der Waals surface area contributed by atoms with Crippen LogP contribution in [0.15, 0.2) is 47.6 Å². The van der Waals surface area contributed by atoms with Gasteiger partial charge in [-0.2, -0.15) is 0 Å². The topological polar surface area (TPSA) is 39.9 Å². The summed E-state index contributed by atoms with van der Waals surface area (Å²) >= 11 is 1.72. The van der Waals surface area contributed by atoms with E-state index in [9.17, 15) is 0 Å². The van der Waals surface area contributed by atoms with Crippen LogP contribution in [0.25, 0.3) is 0 Å². The molecular formula is C22H27N3OS. The molecule has 0 radical (unpaired) electrons. The molecule has 1 unspecified atom stereocenters. The Hall–Kier alpha value is -2.27. The third-order valence-electron chi connectivity index (χ3n) is 4.83. The fourth-order valence-electron chi connectivity index (χ4n) is 2.96. The van der Waals surface area contributed by atoms with E-state index in [1.807, 2.05) is 13.0 Å². The predicted octanol–water partition coefficient (Wildman–Crippen LogP) is 5.66. The van der Waals surface area contributed by atoms with Crippen molar-refractivity contribution in [3.8, 4) is 5.75 Å². The Morgan fingerprint density at radius 3 is 2.48 bits per heavy atom. The predicted molar refractivity (Wildman–Crippen MR) is 111 cm³/mol. The molecule has 27 heavy (non-hydrogen) atoms. The SMILES string of the molecule is CCn1c(SCc2ccccc2C)nnc1C(C)Oc1ccc(C)c(C)c1. The highest BCUT2D eigenvalue weighted by Crippen LogP contribution is 2.28. The summed E-state index contributed by atoms with van der Waals surface area (Å²) in [5.41, 5.74) is 5.13. The number of hydrogen-bond donors (Lipinski definition) is 0. The van der Waals surface area contributed by atoms with Gasteiger partial charge in [0.25, 0.3) is 0 Å². The van der Waals surface area contributed by atoms with Crippen molar-refractivity contribution in [2.24, 2.45) is 0 Å². The molecule has 0 N–H and O–H groups in total. The minimum absolute atomic E-state index is 0.160. The van der Waals surface area contributed by atoms with E-state index in [0.717, 1.165) is 29.0 Å². The van der Waals surface area contributed by atoms with Gasteiger partial charge in [0, 0.05) is 12.3 Å². The number of ether oxygens (including phenoxy) is 1. The molecule has 3 aromatic rings. The van der Waals surface area contributed by atoms with Crippen molar-refractivity contribution in [3.05, 3.63) is 70.5 Å². The van der Waals surface area contributed by atoms with Crippen LogP contribution >= 0.6 is 11.8 Å². The van der Waals surface area contributed by atoms with Crippen LogP contribution in [0.4, 0.5) is 0 Å². The lowest BCUT2D eigenvalue weighted by Gasteiger charge is -2.16. The Morgan fingerprint density at radius 1 is 1.00 bits per heavy atom. The first kappa shape index (κ1) is 19.5. The average Bonchev–Trinajstić information content (AvgIpc) is 3.07. The quantitative estimate of drug-likeness (QED) is 0.495. The molecule has 0 aliphatic carbocycles. The van der Waals surface area contributed by atoms with Gasteiger partial charge in [0.1, 0.15) is 5.75 Å². The number of benzene rings is 2. The molecule has 142 valence electrons. The number of hydrogen-bond acceptors (Lipinski definition) is 4. The van der Waals surface area contributed by atoms with Crippen molar-refractivity contribution in [1.29, 1.82) is 0 Å². The van der Waals surface area contributed by atoms with Crippen LogP contribution in [-0.2, 0) is 12.3 Å². The highest BCUT2D eigenvalue weighted by atomic mass is 32.2. The van der Waals surface area contributed by atoms with Crippen molar-refractivity contribution in [1.82, 2.24) is 14.8 Å². The summed E-state index contributed by atoms with van der Waals surface area (Å²) in [6, 6.07) is 14.6. The molecule has 2 aromatic carbocycles. The van der Waals surface area contributed by atoms with Gasteiger partial charge in [-0.3, -0.25) is 0 Å². The molecule has 0 saturated heterocycles. The monoisotopic (exact) mass is 381 g/mol. The van der Waals surface area contributed by atoms with E-state index in [0.29, 0.717) is 0 Å². The summed E-state index contributed by atoms with van der Waals surface area (Å²) in [5, 5.41) is 9.78. The van der Waals surface area contributed by atoms with Crippen LogP contribution in [-0.4, -0.2) is 14.8 Å². The van der Waals surface area contributed by atoms with Crippen LogP contribution < -0.4 is 4.74 Å². The number of nitrogens with zero attached hydrogens (tertiary/aromatic N) is 3. The molecule has 5 heteroatoms. The van der Waals surface area contributed by atoms with Gasteiger partial charge in [-0.25, -0.2) is 0 Å². The number of aryl methyl sites for hydroxylation is 3. The van der Waals surface area contributed by atoms with Gasteiger partial charge < -0.3 is 9.30 Å². The number of thioether (sulfide) groups is 1. The fourth-order valence-corrected chi connectivity index (χ4v) is 4.05. The third kappa shape index (κ3) is 4.53. The van der Waals surface area contributed by atoms with Crippen LogP contribution in [0.5, 0.6) is 5.75 Å². The number of aromatic nitrogens is 3. The zero-order valence-corrected chi connectivity index (χ0v) is 17.5. The first-order valence-electron chi connectivity index (χ1n) is 9.34. The molecule has 1 heterocycles.